The van der Waals surface area contributed by atoms with Crippen molar-refractivity contribution in [3.63, 3.8) is 0 Å². The first-order valence-corrected chi connectivity index (χ1v) is 7.57. The lowest BCUT2D eigenvalue weighted by atomic mass is 9.95. The van der Waals surface area contributed by atoms with Crippen LogP contribution < -0.4 is 11.1 Å². The normalized spacial score (nSPS) is 20.8. The molecule has 1 saturated heterocycles. The highest BCUT2D eigenvalue weighted by Gasteiger charge is 2.50. The number of nitrogens with zero attached hydrogens (tertiary/aromatic N) is 1. The molecule has 0 radical (unpaired) electrons. The van der Waals surface area contributed by atoms with Crippen LogP contribution in [0.4, 0.5) is 5.69 Å². The number of nitrogen functional groups attached to an aromatic ring is 1. The average molecular weight is 273 g/mol. The van der Waals surface area contributed by atoms with E-state index in [9.17, 15) is 4.79 Å². The van der Waals surface area contributed by atoms with E-state index in [2.05, 4.69) is 10.2 Å². The van der Waals surface area contributed by atoms with Crippen molar-refractivity contribution in [1.29, 1.82) is 0 Å². The van der Waals surface area contributed by atoms with E-state index in [0.717, 1.165) is 37.2 Å². The number of likely N-dealkylation sites (tertiary alicyclic amines) is 1. The molecule has 2 aliphatic rings. The minimum absolute atomic E-state index is 0.182. The van der Waals surface area contributed by atoms with Crippen molar-refractivity contribution in [2.45, 2.75) is 31.1 Å². The number of nitrogens with one attached hydrogen (secondary N) is 1. The molecule has 2 fully saturated rings. The highest BCUT2D eigenvalue weighted by atomic mass is 16.2. The van der Waals surface area contributed by atoms with Gasteiger partial charge in [-0.25, -0.2) is 0 Å². The van der Waals surface area contributed by atoms with Crippen LogP contribution in [0.3, 0.4) is 0 Å². The number of carbonyl (C=O) groups is 1. The maximum atomic E-state index is 12.4. The maximum Gasteiger partial charge on any atom is 0.230 e. The van der Waals surface area contributed by atoms with E-state index >= 15 is 0 Å². The third kappa shape index (κ3) is 2.66. The van der Waals surface area contributed by atoms with Crippen molar-refractivity contribution in [3.05, 3.63) is 29.8 Å². The summed E-state index contributed by atoms with van der Waals surface area (Å²) in [5.41, 5.74) is 7.28. The summed E-state index contributed by atoms with van der Waals surface area (Å²) in [4.78, 5) is 14.8. The van der Waals surface area contributed by atoms with Gasteiger partial charge in [0.05, 0.1) is 5.41 Å². The number of anilines is 1. The van der Waals surface area contributed by atoms with Gasteiger partial charge in [0, 0.05) is 18.8 Å². The topological polar surface area (TPSA) is 58.4 Å². The van der Waals surface area contributed by atoms with E-state index in [1.165, 1.54) is 25.9 Å². The molecule has 0 spiro atoms. The first-order chi connectivity index (χ1) is 9.71. The second kappa shape index (κ2) is 5.44. The van der Waals surface area contributed by atoms with Crippen LogP contribution in [0, 0.1) is 0 Å². The van der Waals surface area contributed by atoms with Crippen LogP contribution in [-0.2, 0) is 10.2 Å². The van der Waals surface area contributed by atoms with E-state index < -0.39 is 0 Å². The Bertz CT molecular complexity index is 473. The molecule has 1 aliphatic heterocycles. The number of amides is 1. The number of rotatable bonds is 5. The Balaban J connectivity index is 1.54. The van der Waals surface area contributed by atoms with Crippen LogP contribution in [0.5, 0.6) is 0 Å². The second-order valence-corrected chi connectivity index (χ2v) is 6.01. The molecular formula is C16H23N3O. The lowest BCUT2D eigenvalue weighted by Crippen LogP contribution is -2.39. The molecule has 1 aromatic rings. The number of nitrogens with two attached hydrogens (primary N) is 1. The number of benzene rings is 1. The summed E-state index contributed by atoms with van der Waals surface area (Å²) in [5.74, 6) is 0.182. The average Bonchev–Trinajstić information content (AvgIpc) is 3.10. The molecule has 1 aromatic carbocycles. The Morgan fingerprint density at radius 2 is 1.85 bits per heavy atom. The van der Waals surface area contributed by atoms with E-state index in [1.54, 1.807) is 0 Å². The molecule has 4 nitrogen and oxygen atoms in total. The molecule has 4 heteroatoms. The van der Waals surface area contributed by atoms with Gasteiger partial charge >= 0.3 is 0 Å². The predicted octanol–water partition coefficient (Wildman–Crippen LogP) is 1.51. The molecule has 1 heterocycles. The quantitative estimate of drug-likeness (QED) is 0.800. The SMILES string of the molecule is Nc1ccc(C2(C(=O)NCCN3CCCC3)CC2)cc1. The third-order valence-electron chi connectivity index (χ3n) is 4.56. The highest BCUT2D eigenvalue weighted by molar-refractivity contribution is 5.91. The standard InChI is InChI=1S/C16H23N3O/c17-14-5-3-13(4-6-14)16(7-8-16)15(20)18-9-12-19-10-1-2-11-19/h3-6H,1-2,7-12,17H2,(H,18,20). The smallest absolute Gasteiger partial charge is 0.230 e. The molecule has 0 unspecified atom stereocenters. The predicted molar refractivity (Wildman–Crippen MR) is 80.5 cm³/mol. The molecule has 1 saturated carbocycles. The number of carbonyl (C=O) groups excluding carboxylic acids is 1. The summed E-state index contributed by atoms with van der Waals surface area (Å²) in [6.45, 7) is 4.09. The molecule has 20 heavy (non-hydrogen) atoms. The third-order valence-corrected chi connectivity index (χ3v) is 4.56. The highest BCUT2D eigenvalue weighted by Crippen LogP contribution is 2.48. The maximum absolute atomic E-state index is 12.4. The lowest BCUT2D eigenvalue weighted by Gasteiger charge is -2.18. The zero-order chi connectivity index (χ0) is 14.0. The zero-order valence-corrected chi connectivity index (χ0v) is 11.9. The molecule has 108 valence electrons. The van der Waals surface area contributed by atoms with Crippen LogP contribution in [0.25, 0.3) is 0 Å². The molecule has 1 amide bonds. The van der Waals surface area contributed by atoms with E-state index in [-0.39, 0.29) is 11.3 Å². The first kappa shape index (κ1) is 13.4. The summed E-state index contributed by atoms with van der Waals surface area (Å²) in [6, 6.07) is 7.74. The summed E-state index contributed by atoms with van der Waals surface area (Å²) in [7, 11) is 0. The molecule has 3 N–H and O–H groups in total. The van der Waals surface area contributed by atoms with Gasteiger partial charge in [-0.3, -0.25) is 4.79 Å². The Morgan fingerprint density at radius 1 is 1.20 bits per heavy atom. The molecule has 0 aromatic heterocycles. The van der Waals surface area contributed by atoms with Crippen LogP contribution in [0.2, 0.25) is 0 Å². The largest absolute Gasteiger partial charge is 0.399 e. The molecule has 1 aliphatic carbocycles. The van der Waals surface area contributed by atoms with Crippen LogP contribution >= 0.6 is 0 Å². The van der Waals surface area contributed by atoms with E-state index in [4.69, 9.17) is 5.73 Å². The zero-order valence-electron chi connectivity index (χ0n) is 11.9. The fourth-order valence-electron chi connectivity index (χ4n) is 3.08. The summed E-state index contributed by atoms with van der Waals surface area (Å²) >= 11 is 0. The Hall–Kier alpha value is -1.55. The molecule has 3 rings (SSSR count). The Morgan fingerprint density at radius 3 is 2.45 bits per heavy atom. The van der Waals surface area contributed by atoms with Gasteiger partial charge in [0.2, 0.25) is 5.91 Å². The van der Waals surface area contributed by atoms with Gasteiger partial charge in [-0.15, -0.1) is 0 Å². The molecule has 0 atom stereocenters. The molecular weight excluding hydrogens is 250 g/mol. The minimum atomic E-state index is -0.279. The van der Waals surface area contributed by atoms with Crippen molar-refractivity contribution in [1.82, 2.24) is 10.2 Å². The fraction of sp³-hybridized carbons (Fsp3) is 0.562. The van der Waals surface area contributed by atoms with Crippen LogP contribution in [0.1, 0.15) is 31.2 Å². The minimum Gasteiger partial charge on any atom is -0.399 e. The fourth-order valence-corrected chi connectivity index (χ4v) is 3.08. The van der Waals surface area contributed by atoms with Gasteiger partial charge in [0.25, 0.3) is 0 Å². The van der Waals surface area contributed by atoms with Crippen molar-refractivity contribution in [3.8, 4) is 0 Å². The van der Waals surface area contributed by atoms with Gasteiger partial charge in [-0.1, -0.05) is 12.1 Å². The van der Waals surface area contributed by atoms with Crippen LogP contribution in [-0.4, -0.2) is 37.0 Å². The van der Waals surface area contributed by atoms with Crippen molar-refractivity contribution in [2.75, 3.05) is 31.9 Å². The van der Waals surface area contributed by atoms with Crippen molar-refractivity contribution in [2.24, 2.45) is 0 Å². The summed E-state index contributed by atoms with van der Waals surface area (Å²) < 4.78 is 0. The van der Waals surface area contributed by atoms with Gasteiger partial charge < -0.3 is 16.0 Å². The second-order valence-electron chi connectivity index (χ2n) is 6.01. The van der Waals surface area contributed by atoms with Gasteiger partial charge in [0.15, 0.2) is 0 Å². The van der Waals surface area contributed by atoms with Crippen LogP contribution in [0.15, 0.2) is 24.3 Å². The van der Waals surface area contributed by atoms with Gasteiger partial charge in [-0.05, 0) is 56.5 Å². The summed E-state index contributed by atoms with van der Waals surface area (Å²) in [6.07, 6.45) is 4.49. The first-order valence-electron chi connectivity index (χ1n) is 7.57. The number of hydrogen-bond donors (Lipinski definition) is 2. The van der Waals surface area contributed by atoms with Crippen molar-refractivity contribution >= 4 is 11.6 Å². The van der Waals surface area contributed by atoms with E-state index in [1.807, 2.05) is 24.3 Å². The summed E-state index contributed by atoms with van der Waals surface area (Å²) in [5, 5.41) is 3.11. The lowest BCUT2D eigenvalue weighted by molar-refractivity contribution is -0.123. The Labute approximate surface area is 120 Å². The molecule has 0 bridgehead atoms. The monoisotopic (exact) mass is 273 g/mol. The van der Waals surface area contributed by atoms with Gasteiger partial charge in [-0.2, -0.15) is 0 Å². The number of hydrogen-bond acceptors (Lipinski definition) is 3. The van der Waals surface area contributed by atoms with Crippen molar-refractivity contribution < 1.29 is 4.79 Å². The van der Waals surface area contributed by atoms with Gasteiger partial charge in [0.1, 0.15) is 0 Å². The van der Waals surface area contributed by atoms with E-state index in [0.29, 0.717) is 0 Å². The Kier molecular flexibility index (Phi) is 3.66.